The molecule has 5 rings (SSSR count). The van der Waals surface area contributed by atoms with Crippen molar-refractivity contribution in [3.8, 4) is 0 Å². The van der Waals surface area contributed by atoms with Crippen LogP contribution < -0.4 is 15.1 Å². The lowest BCUT2D eigenvalue weighted by molar-refractivity contribution is 0.0950. The van der Waals surface area contributed by atoms with Crippen molar-refractivity contribution in [2.75, 3.05) is 49.1 Å². The highest BCUT2D eigenvalue weighted by atomic mass is 16.1. The fourth-order valence-corrected chi connectivity index (χ4v) is 4.86. The Hall–Kier alpha value is -3.38. The Morgan fingerprint density at radius 3 is 2.18 bits per heavy atom. The predicted octanol–water partition coefficient (Wildman–Crippen LogP) is 3.93. The first-order valence-corrected chi connectivity index (χ1v) is 12.3. The highest BCUT2D eigenvalue weighted by Crippen LogP contribution is 2.19. The van der Waals surface area contributed by atoms with Crippen LogP contribution in [-0.4, -0.2) is 55.1 Å². The Morgan fingerprint density at radius 2 is 1.47 bits per heavy atom. The van der Waals surface area contributed by atoms with Crippen molar-refractivity contribution < 1.29 is 4.79 Å². The second kappa shape index (κ2) is 10.7. The molecule has 6 heteroatoms. The first kappa shape index (κ1) is 22.4. The van der Waals surface area contributed by atoms with E-state index in [4.69, 9.17) is 0 Å². The topological polar surface area (TPSA) is 51.7 Å². The van der Waals surface area contributed by atoms with Gasteiger partial charge < -0.3 is 15.1 Å². The van der Waals surface area contributed by atoms with Crippen molar-refractivity contribution in [3.05, 3.63) is 89.6 Å². The van der Waals surface area contributed by atoms with Crippen molar-refractivity contribution in [3.63, 3.8) is 0 Å². The molecule has 1 aromatic heterocycles. The highest BCUT2D eigenvalue weighted by molar-refractivity contribution is 5.94. The number of benzene rings is 2. The van der Waals surface area contributed by atoms with Gasteiger partial charge in [0.15, 0.2) is 0 Å². The number of amides is 1. The zero-order chi connectivity index (χ0) is 23.2. The summed E-state index contributed by atoms with van der Waals surface area (Å²) < 4.78 is 0. The summed E-state index contributed by atoms with van der Waals surface area (Å²) in [6, 6.07) is 22.9. The molecule has 2 aliphatic heterocycles. The van der Waals surface area contributed by atoms with Crippen molar-refractivity contribution in [1.82, 2.24) is 15.2 Å². The van der Waals surface area contributed by atoms with Crippen molar-refractivity contribution in [2.45, 2.75) is 25.9 Å². The van der Waals surface area contributed by atoms with Gasteiger partial charge in [0, 0.05) is 64.2 Å². The molecule has 0 unspecified atom stereocenters. The maximum atomic E-state index is 12.7. The Balaban J connectivity index is 1.15. The lowest BCUT2D eigenvalue weighted by Gasteiger charge is -2.36. The number of carbonyl (C=O) groups excluding carboxylic acids is 1. The zero-order valence-electron chi connectivity index (χ0n) is 19.7. The number of hydrogen-bond donors (Lipinski definition) is 1. The fourth-order valence-electron chi connectivity index (χ4n) is 4.86. The standard InChI is InChI=1S/C28H33N5O/c34-28(24-12-13-27(29-21-24)33-14-6-7-15-33)30-20-23-8-4-5-9-25(23)22-31-16-18-32(19-17-31)26-10-2-1-3-11-26/h1-5,8-13,21H,6-7,14-20,22H2,(H,30,34). The maximum absolute atomic E-state index is 12.7. The SMILES string of the molecule is O=C(NCc1ccccc1CN1CCN(c2ccccc2)CC1)c1ccc(N2CCCC2)nc1. The summed E-state index contributed by atoms with van der Waals surface area (Å²) in [6.07, 6.45) is 4.12. The Bertz CT molecular complexity index is 1070. The number of nitrogens with zero attached hydrogens (tertiary/aromatic N) is 4. The van der Waals surface area contributed by atoms with Gasteiger partial charge in [0.05, 0.1) is 5.56 Å². The summed E-state index contributed by atoms with van der Waals surface area (Å²) >= 11 is 0. The molecule has 0 saturated carbocycles. The second-order valence-corrected chi connectivity index (χ2v) is 9.15. The minimum absolute atomic E-state index is 0.0771. The fraction of sp³-hybridized carbons (Fsp3) is 0.357. The van der Waals surface area contributed by atoms with Gasteiger partial charge in [-0.3, -0.25) is 9.69 Å². The second-order valence-electron chi connectivity index (χ2n) is 9.15. The van der Waals surface area contributed by atoms with Gasteiger partial charge in [-0.1, -0.05) is 42.5 Å². The van der Waals surface area contributed by atoms with Crippen LogP contribution in [0, 0.1) is 0 Å². The van der Waals surface area contributed by atoms with E-state index in [1.54, 1.807) is 6.20 Å². The number of nitrogens with one attached hydrogen (secondary N) is 1. The van der Waals surface area contributed by atoms with E-state index in [2.05, 4.69) is 73.5 Å². The zero-order valence-corrected chi connectivity index (χ0v) is 19.7. The maximum Gasteiger partial charge on any atom is 0.253 e. The van der Waals surface area contributed by atoms with Gasteiger partial charge >= 0.3 is 0 Å². The number of pyridine rings is 1. The Morgan fingerprint density at radius 1 is 0.765 bits per heavy atom. The quantitative estimate of drug-likeness (QED) is 0.585. The third-order valence-electron chi connectivity index (χ3n) is 6.89. The molecule has 2 aromatic carbocycles. The van der Waals surface area contributed by atoms with Gasteiger partial charge in [0.1, 0.15) is 5.82 Å². The average molecular weight is 456 g/mol. The Labute approximate surface area is 202 Å². The van der Waals surface area contributed by atoms with Crippen LogP contribution >= 0.6 is 0 Å². The van der Waals surface area contributed by atoms with E-state index in [0.29, 0.717) is 12.1 Å². The van der Waals surface area contributed by atoms with Crippen LogP contribution in [-0.2, 0) is 13.1 Å². The molecule has 0 bridgehead atoms. The van der Waals surface area contributed by atoms with Crippen LogP contribution in [0.15, 0.2) is 72.9 Å². The largest absolute Gasteiger partial charge is 0.369 e. The number of para-hydroxylation sites is 1. The molecule has 2 fully saturated rings. The van der Waals surface area contributed by atoms with E-state index in [1.807, 2.05) is 18.2 Å². The minimum atomic E-state index is -0.0771. The van der Waals surface area contributed by atoms with E-state index >= 15 is 0 Å². The van der Waals surface area contributed by atoms with Crippen LogP contribution in [0.3, 0.4) is 0 Å². The van der Waals surface area contributed by atoms with Crippen LogP contribution in [0.5, 0.6) is 0 Å². The van der Waals surface area contributed by atoms with E-state index in [1.165, 1.54) is 29.7 Å². The summed E-state index contributed by atoms with van der Waals surface area (Å²) in [5.74, 6) is 0.888. The minimum Gasteiger partial charge on any atom is -0.369 e. The van der Waals surface area contributed by atoms with Crippen LogP contribution in [0.2, 0.25) is 0 Å². The van der Waals surface area contributed by atoms with E-state index in [-0.39, 0.29) is 5.91 Å². The molecule has 34 heavy (non-hydrogen) atoms. The summed E-state index contributed by atoms with van der Waals surface area (Å²) in [5.41, 5.74) is 4.35. The van der Waals surface area contributed by atoms with Gasteiger partial charge in [-0.05, 0) is 48.2 Å². The molecule has 0 spiro atoms. The number of hydrogen-bond acceptors (Lipinski definition) is 5. The summed E-state index contributed by atoms with van der Waals surface area (Å²) in [4.78, 5) is 24.5. The molecule has 0 atom stereocenters. The van der Waals surface area contributed by atoms with Crippen LogP contribution in [0.4, 0.5) is 11.5 Å². The van der Waals surface area contributed by atoms with Crippen LogP contribution in [0.1, 0.15) is 34.3 Å². The average Bonchev–Trinajstić information content (AvgIpc) is 3.44. The van der Waals surface area contributed by atoms with E-state index in [0.717, 1.165) is 51.6 Å². The number of piperazine rings is 1. The number of carbonyl (C=O) groups is 1. The first-order chi connectivity index (χ1) is 16.8. The van der Waals surface area contributed by atoms with Gasteiger partial charge in [-0.2, -0.15) is 0 Å². The monoisotopic (exact) mass is 455 g/mol. The molecule has 2 saturated heterocycles. The molecule has 3 aromatic rings. The number of anilines is 2. The molecule has 6 nitrogen and oxygen atoms in total. The first-order valence-electron chi connectivity index (χ1n) is 12.3. The molecule has 2 aliphatic rings. The summed E-state index contributed by atoms with van der Waals surface area (Å²) in [5, 5.41) is 3.09. The predicted molar refractivity (Wildman–Crippen MR) is 137 cm³/mol. The van der Waals surface area contributed by atoms with E-state index in [9.17, 15) is 4.79 Å². The summed E-state index contributed by atoms with van der Waals surface area (Å²) in [6.45, 7) is 7.66. The van der Waals surface area contributed by atoms with E-state index < -0.39 is 0 Å². The van der Waals surface area contributed by atoms with Gasteiger partial charge in [0.2, 0.25) is 0 Å². The molecular formula is C28H33N5O. The number of rotatable bonds is 7. The molecule has 0 radical (unpaired) electrons. The molecule has 1 N–H and O–H groups in total. The smallest absolute Gasteiger partial charge is 0.253 e. The van der Waals surface area contributed by atoms with Gasteiger partial charge in [0.25, 0.3) is 5.91 Å². The molecule has 176 valence electrons. The molecule has 0 aliphatic carbocycles. The third kappa shape index (κ3) is 5.39. The molecule has 1 amide bonds. The van der Waals surface area contributed by atoms with Crippen molar-refractivity contribution in [1.29, 1.82) is 0 Å². The highest BCUT2D eigenvalue weighted by Gasteiger charge is 2.18. The van der Waals surface area contributed by atoms with Gasteiger partial charge in [-0.15, -0.1) is 0 Å². The Kier molecular flexibility index (Phi) is 7.05. The summed E-state index contributed by atoms with van der Waals surface area (Å²) in [7, 11) is 0. The molecule has 3 heterocycles. The van der Waals surface area contributed by atoms with Crippen LogP contribution in [0.25, 0.3) is 0 Å². The van der Waals surface area contributed by atoms with Crippen molar-refractivity contribution in [2.24, 2.45) is 0 Å². The normalized spacial score (nSPS) is 16.6. The number of aromatic nitrogens is 1. The third-order valence-corrected chi connectivity index (χ3v) is 6.89. The lowest BCUT2D eigenvalue weighted by atomic mass is 10.1. The van der Waals surface area contributed by atoms with Gasteiger partial charge in [-0.25, -0.2) is 4.98 Å². The van der Waals surface area contributed by atoms with Crippen molar-refractivity contribution >= 4 is 17.4 Å². The lowest BCUT2D eigenvalue weighted by Crippen LogP contribution is -2.46. The molecular weight excluding hydrogens is 422 g/mol.